The van der Waals surface area contributed by atoms with Gasteiger partial charge in [0.2, 0.25) is 0 Å². The Morgan fingerprint density at radius 1 is 1.47 bits per heavy atom. The molecular formula is C13H15FO4S. The van der Waals surface area contributed by atoms with Gasteiger partial charge in [-0.3, -0.25) is 0 Å². The van der Waals surface area contributed by atoms with Gasteiger partial charge >= 0.3 is 5.97 Å². The smallest absolute Gasteiger partial charge is 0.328 e. The SMILES string of the molecule is O=C(O)/C=C/c1cc(F)ccc1CSCC(O)CO. The quantitative estimate of drug-likeness (QED) is 0.662. The lowest BCUT2D eigenvalue weighted by molar-refractivity contribution is -0.131. The number of aliphatic carboxylic acids is 1. The largest absolute Gasteiger partial charge is 0.478 e. The van der Waals surface area contributed by atoms with Crippen LogP contribution < -0.4 is 0 Å². The van der Waals surface area contributed by atoms with E-state index in [4.69, 9.17) is 10.2 Å². The van der Waals surface area contributed by atoms with Crippen LogP contribution in [0, 0.1) is 5.82 Å². The van der Waals surface area contributed by atoms with Gasteiger partial charge in [0.25, 0.3) is 0 Å². The highest BCUT2D eigenvalue weighted by Gasteiger charge is 2.06. The Morgan fingerprint density at radius 3 is 2.84 bits per heavy atom. The number of rotatable bonds is 7. The van der Waals surface area contributed by atoms with Crippen molar-refractivity contribution in [1.29, 1.82) is 0 Å². The first-order valence-electron chi connectivity index (χ1n) is 5.59. The second-order valence-electron chi connectivity index (χ2n) is 3.87. The third kappa shape index (κ3) is 5.87. The molecule has 0 radical (unpaired) electrons. The van der Waals surface area contributed by atoms with Crippen molar-refractivity contribution in [2.45, 2.75) is 11.9 Å². The van der Waals surface area contributed by atoms with Crippen molar-refractivity contribution in [3.63, 3.8) is 0 Å². The number of carbonyl (C=O) groups is 1. The minimum Gasteiger partial charge on any atom is -0.478 e. The summed E-state index contributed by atoms with van der Waals surface area (Å²) in [6.07, 6.45) is 1.50. The standard InChI is InChI=1S/C13H15FO4S/c14-11-3-1-10(7-19-8-12(16)6-15)9(5-11)2-4-13(17)18/h1-5,12,15-16H,6-8H2,(H,17,18)/b4-2+. The first-order chi connectivity index (χ1) is 9.02. The van der Waals surface area contributed by atoms with E-state index < -0.39 is 17.9 Å². The number of carboxylic acids is 1. The summed E-state index contributed by atoms with van der Waals surface area (Å²) in [5.74, 6) is -0.681. The van der Waals surface area contributed by atoms with E-state index in [0.29, 0.717) is 17.1 Å². The number of hydrogen-bond acceptors (Lipinski definition) is 4. The molecule has 4 nitrogen and oxygen atoms in total. The predicted molar refractivity (Wildman–Crippen MR) is 72.3 cm³/mol. The van der Waals surface area contributed by atoms with Crippen LogP contribution in [0.2, 0.25) is 0 Å². The van der Waals surface area contributed by atoms with Crippen molar-refractivity contribution in [2.75, 3.05) is 12.4 Å². The Bertz CT molecular complexity index is 462. The van der Waals surface area contributed by atoms with Gasteiger partial charge in [-0.15, -0.1) is 0 Å². The topological polar surface area (TPSA) is 77.8 Å². The van der Waals surface area contributed by atoms with Crippen molar-refractivity contribution >= 4 is 23.8 Å². The van der Waals surface area contributed by atoms with Crippen molar-refractivity contribution in [1.82, 2.24) is 0 Å². The van der Waals surface area contributed by atoms with Gasteiger partial charge in [0.15, 0.2) is 0 Å². The van der Waals surface area contributed by atoms with Gasteiger partial charge in [0, 0.05) is 17.6 Å². The zero-order chi connectivity index (χ0) is 14.3. The Labute approximate surface area is 114 Å². The predicted octanol–water partition coefficient (Wildman–Crippen LogP) is 1.51. The maximum atomic E-state index is 13.1. The fraction of sp³-hybridized carbons (Fsp3) is 0.308. The van der Waals surface area contributed by atoms with Gasteiger partial charge in [-0.05, 0) is 29.3 Å². The van der Waals surface area contributed by atoms with Gasteiger partial charge in [-0.25, -0.2) is 9.18 Å². The maximum Gasteiger partial charge on any atom is 0.328 e. The summed E-state index contributed by atoms with van der Waals surface area (Å²) >= 11 is 1.38. The molecule has 1 aromatic rings. The molecule has 0 heterocycles. The number of halogens is 1. The average Bonchev–Trinajstić information content (AvgIpc) is 2.38. The van der Waals surface area contributed by atoms with Gasteiger partial charge in [0.05, 0.1) is 12.7 Å². The van der Waals surface area contributed by atoms with E-state index in [-0.39, 0.29) is 6.61 Å². The number of aliphatic hydroxyl groups is 2. The molecular weight excluding hydrogens is 271 g/mol. The van der Waals surface area contributed by atoms with Crippen molar-refractivity contribution in [3.05, 3.63) is 41.2 Å². The normalized spacial score (nSPS) is 12.8. The van der Waals surface area contributed by atoms with E-state index in [1.54, 1.807) is 6.07 Å². The Hall–Kier alpha value is -1.37. The van der Waals surface area contributed by atoms with Gasteiger partial charge < -0.3 is 15.3 Å². The third-order valence-corrected chi connectivity index (χ3v) is 3.43. The van der Waals surface area contributed by atoms with E-state index in [2.05, 4.69) is 0 Å². The van der Waals surface area contributed by atoms with Crippen LogP contribution >= 0.6 is 11.8 Å². The van der Waals surface area contributed by atoms with E-state index in [0.717, 1.165) is 11.6 Å². The van der Waals surface area contributed by atoms with Crippen LogP contribution in [0.25, 0.3) is 6.08 Å². The molecule has 0 saturated carbocycles. The van der Waals surface area contributed by atoms with Crippen LogP contribution in [-0.2, 0) is 10.5 Å². The first-order valence-corrected chi connectivity index (χ1v) is 6.74. The monoisotopic (exact) mass is 286 g/mol. The van der Waals surface area contributed by atoms with Gasteiger partial charge in [0.1, 0.15) is 5.82 Å². The van der Waals surface area contributed by atoms with E-state index >= 15 is 0 Å². The molecule has 104 valence electrons. The van der Waals surface area contributed by atoms with Crippen molar-refractivity contribution < 1.29 is 24.5 Å². The number of aliphatic hydroxyl groups excluding tert-OH is 2. The molecule has 1 rings (SSSR count). The van der Waals surface area contributed by atoms with Crippen LogP contribution in [0.4, 0.5) is 4.39 Å². The Balaban J connectivity index is 2.73. The molecule has 1 unspecified atom stereocenters. The van der Waals surface area contributed by atoms with E-state index in [1.165, 1.54) is 30.0 Å². The minimum atomic E-state index is -1.10. The molecule has 1 aromatic carbocycles. The number of thioether (sulfide) groups is 1. The van der Waals surface area contributed by atoms with Gasteiger partial charge in [-0.2, -0.15) is 11.8 Å². The highest BCUT2D eigenvalue weighted by molar-refractivity contribution is 7.98. The maximum absolute atomic E-state index is 13.1. The fourth-order valence-corrected chi connectivity index (χ4v) is 2.35. The second kappa shape index (κ2) is 7.93. The Kier molecular flexibility index (Phi) is 6.55. The molecule has 0 saturated heterocycles. The summed E-state index contributed by atoms with van der Waals surface area (Å²) in [5, 5.41) is 26.5. The minimum absolute atomic E-state index is 0.303. The summed E-state index contributed by atoms with van der Waals surface area (Å²) < 4.78 is 13.1. The summed E-state index contributed by atoms with van der Waals surface area (Å²) in [4.78, 5) is 10.5. The highest BCUT2D eigenvalue weighted by atomic mass is 32.2. The Morgan fingerprint density at radius 2 is 2.21 bits per heavy atom. The third-order valence-electron chi connectivity index (χ3n) is 2.29. The lowest BCUT2D eigenvalue weighted by atomic mass is 10.1. The van der Waals surface area contributed by atoms with Crippen molar-refractivity contribution in [2.24, 2.45) is 0 Å². The lowest BCUT2D eigenvalue weighted by Gasteiger charge is -2.09. The van der Waals surface area contributed by atoms with Gasteiger partial charge in [-0.1, -0.05) is 6.07 Å². The molecule has 0 aliphatic heterocycles. The van der Waals surface area contributed by atoms with E-state index in [1.807, 2.05) is 0 Å². The second-order valence-corrected chi connectivity index (χ2v) is 4.90. The molecule has 1 atom stereocenters. The zero-order valence-corrected chi connectivity index (χ0v) is 10.9. The van der Waals surface area contributed by atoms with Crippen LogP contribution in [0.3, 0.4) is 0 Å². The van der Waals surface area contributed by atoms with Crippen LogP contribution in [0.1, 0.15) is 11.1 Å². The summed E-state index contributed by atoms with van der Waals surface area (Å²) in [5.41, 5.74) is 1.27. The molecule has 19 heavy (non-hydrogen) atoms. The van der Waals surface area contributed by atoms with Crippen LogP contribution in [0.15, 0.2) is 24.3 Å². The molecule has 0 aromatic heterocycles. The summed E-state index contributed by atoms with van der Waals surface area (Å²) in [6, 6.07) is 4.14. The van der Waals surface area contributed by atoms with Crippen LogP contribution in [-0.4, -0.2) is 39.8 Å². The summed E-state index contributed by atoms with van der Waals surface area (Å²) in [7, 11) is 0. The summed E-state index contributed by atoms with van der Waals surface area (Å²) in [6.45, 7) is -0.303. The molecule has 0 aliphatic rings. The molecule has 6 heteroatoms. The number of hydrogen-bond donors (Lipinski definition) is 3. The molecule has 0 aliphatic carbocycles. The fourth-order valence-electron chi connectivity index (χ4n) is 1.37. The first kappa shape index (κ1) is 15.7. The number of benzene rings is 1. The molecule has 0 fully saturated rings. The molecule has 3 N–H and O–H groups in total. The molecule has 0 amide bonds. The average molecular weight is 286 g/mol. The van der Waals surface area contributed by atoms with E-state index in [9.17, 15) is 14.3 Å². The molecule has 0 bridgehead atoms. The number of carboxylic acid groups (broad SMARTS) is 1. The lowest BCUT2D eigenvalue weighted by Crippen LogP contribution is -2.14. The van der Waals surface area contributed by atoms with Crippen molar-refractivity contribution in [3.8, 4) is 0 Å². The molecule has 0 spiro atoms. The zero-order valence-electron chi connectivity index (χ0n) is 10.1. The van der Waals surface area contributed by atoms with Crippen LogP contribution in [0.5, 0.6) is 0 Å². The highest BCUT2D eigenvalue weighted by Crippen LogP contribution is 2.20.